The van der Waals surface area contributed by atoms with Gasteiger partial charge in [-0.05, 0) is 48.9 Å². The summed E-state index contributed by atoms with van der Waals surface area (Å²) in [5.74, 6) is -1.70. The molecule has 0 fully saturated rings. The molecule has 168 valence electrons. The van der Waals surface area contributed by atoms with Gasteiger partial charge in [0, 0.05) is 22.7 Å². The Balaban J connectivity index is 1.60. The number of anilines is 1. The van der Waals surface area contributed by atoms with Gasteiger partial charge in [-0.15, -0.1) is 13.2 Å². The van der Waals surface area contributed by atoms with Gasteiger partial charge in [0.25, 0.3) is 0 Å². The first-order chi connectivity index (χ1) is 15.0. The van der Waals surface area contributed by atoms with Crippen LogP contribution in [0.5, 0.6) is 5.75 Å². The lowest BCUT2D eigenvalue weighted by atomic mass is 9.97. The maximum Gasteiger partial charge on any atom is 0.573 e. The zero-order chi connectivity index (χ0) is 23.3. The van der Waals surface area contributed by atoms with Crippen molar-refractivity contribution in [2.45, 2.75) is 31.5 Å². The number of benzene rings is 2. The summed E-state index contributed by atoms with van der Waals surface area (Å²) in [5.41, 5.74) is -0.423. The lowest BCUT2D eigenvalue weighted by Gasteiger charge is -2.38. The van der Waals surface area contributed by atoms with Gasteiger partial charge in [-0.1, -0.05) is 17.7 Å². The van der Waals surface area contributed by atoms with Crippen LogP contribution in [0, 0.1) is 0 Å². The molecule has 2 aliphatic rings. The molecule has 2 aromatic carbocycles. The maximum absolute atomic E-state index is 12.8. The Morgan fingerprint density at radius 3 is 2.59 bits per heavy atom. The fraction of sp³-hybridized carbons (Fsp3) is 0.250. The minimum atomic E-state index is -4.83. The zero-order valence-electron chi connectivity index (χ0n) is 16.3. The number of hydrazone groups is 1. The van der Waals surface area contributed by atoms with Crippen LogP contribution in [0.4, 0.5) is 23.7 Å². The summed E-state index contributed by atoms with van der Waals surface area (Å²) in [6.07, 6.45) is -5.88. The fourth-order valence-electron chi connectivity index (χ4n) is 3.63. The molecule has 12 heteroatoms. The quantitative estimate of drug-likeness (QED) is 0.700. The minimum Gasteiger partial charge on any atom is -0.479 e. The van der Waals surface area contributed by atoms with E-state index in [1.807, 2.05) is 0 Å². The monoisotopic (exact) mass is 469 g/mol. The smallest absolute Gasteiger partial charge is 0.479 e. The number of carbonyl (C=O) groups excluding carboxylic acids is 1. The second-order valence-corrected chi connectivity index (χ2v) is 7.56. The summed E-state index contributed by atoms with van der Waals surface area (Å²) in [4.78, 5) is 24.9. The summed E-state index contributed by atoms with van der Waals surface area (Å²) < 4.78 is 46.4. The fourth-order valence-corrected chi connectivity index (χ4v) is 3.82. The number of nitrogens with one attached hydrogen (secondary N) is 1. The number of carboxylic acids is 1. The van der Waals surface area contributed by atoms with E-state index in [-0.39, 0.29) is 17.8 Å². The van der Waals surface area contributed by atoms with Gasteiger partial charge in [0.05, 0.1) is 0 Å². The number of halogens is 4. The Kier molecular flexibility index (Phi) is 5.25. The lowest BCUT2D eigenvalue weighted by Crippen LogP contribution is -2.58. The third-order valence-electron chi connectivity index (χ3n) is 4.96. The van der Waals surface area contributed by atoms with Crippen LogP contribution < -0.4 is 10.1 Å². The topological polar surface area (TPSA) is 100 Å². The number of carboxylic acid groups (broad SMARTS) is 1. The van der Waals surface area contributed by atoms with Crippen LogP contribution in [-0.2, 0) is 16.0 Å². The van der Waals surface area contributed by atoms with Crippen molar-refractivity contribution in [3.05, 3.63) is 58.6 Å². The molecule has 2 atom stereocenters. The Morgan fingerprint density at radius 2 is 1.97 bits per heavy atom. The highest BCUT2D eigenvalue weighted by atomic mass is 35.5. The van der Waals surface area contributed by atoms with E-state index >= 15 is 0 Å². The van der Waals surface area contributed by atoms with Crippen molar-refractivity contribution in [3.8, 4) is 5.75 Å². The van der Waals surface area contributed by atoms with E-state index in [1.165, 1.54) is 19.1 Å². The molecule has 2 N–H and O–H groups in total. The summed E-state index contributed by atoms with van der Waals surface area (Å²) in [6.45, 7) is 1.46. The molecule has 0 saturated carbocycles. The van der Waals surface area contributed by atoms with Gasteiger partial charge in [0.1, 0.15) is 11.5 Å². The number of urea groups is 1. The van der Waals surface area contributed by atoms with Crippen LogP contribution >= 0.6 is 11.6 Å². The zero-order valence-corrected chi connectivity index (χ0v) is 17.1. The van der Waals surface area contributed by atoms with Crippen LogP contribution in [0.15, 0.2) is 47.6 Å². The lowest BCUT2D eigenvalue weighted by molar-refractivity contribution is -0.274. The van der Waals surface area contributed by atoms with Crippen LogP contribution in [0.25, 0.3) is 0 Å². The molecule has 1 aliphatic heterocycles. The molecule has 0 saturated heterocycles. The molecule has 32 heavy (non-hydrogen) atoms. The predicted octanol–water partition coefficient (Wildman–Crippen LogP) is 4.23. The maximum atomic E-state index is 12.8. The molecule has 2 unspecified atom stereocenters. The summed E-state index contributed by atoms with van der Waals surface area (Å²) in [6, 6.07) is 8.55. The highest BCUT2D eigenvalue weighted by molar-refractivity contribution is 6.31. The Bertz CT molecular complexity index is 1120. The van der Waals surface area contributed by atoms with Crippen LogP contribution in [0.3, 0.4) is 0 Å². The second kappa shape index (κ2) is 7.68. The van der Waals surface area contributed by atoms with Gasteiger partial charge in [-0.2, -0.15) is 10.1 Å². The number of aliphatic carboxylic acids is 1. The molecular weight excluding hydrogens is 455 g/mol. The predicted molar refractivity (Wildman–Crippen MR) is 107 cm³/mol. The van der Waals surface area contributed by atoms with Gasteiger partial charge in [-0.25, -0.2) is 9.59 Å². The number of nitrogens with zero attached hydrogens (tertiary/aromatic N) is 2. The molecule has 0 spiro atoms. The summed E-state index contributed by atoms with van der Waals surface area (Å²) in [7, 11) is 0. The molecule has 1 aliphatic carbocycles. The SMILES string of the molecule is CC1OC2(C(=O)O)Cc3cc(Cl)ccc3C2=NN1C(=O)Nc1ccc(OC(F)(F)F)cc1. The van der Waals surface area contributed by atoms with Crippen LogP contribution in [-0.4, -0.2) is 46.0 Å². The number of hydrogen-bond donors (Lipinski definition) is 2. The van der Waals surface area contributed by atoms with Crippen molar-refractivity contribution in [3.63, 3.8) is 0 Å². The van der Waals surface area contributed by atoms with Gasteiger partial charge in [-0.3, -0.25) is 0 Å². The van der Waals surface area contributed by atoms with Gasteiger partial charge in [0.15, 0.2) is 6.23 Å². The summed E-state index contributed by atoms with van der Waals surface area (Å²) >= 11 is 6.02. The molecular formula is C20H15ClF3N3O5. The van der Waals surface area contributed by atoms with Gasteiger partial charge in [0.2, 0.25) is 5.60 Å². The summed E-state index contributed by atoms with van der Waals surface area (Å²) in [5, 5.41) is 18.0. The minimum absolute atomic E-state index is 0.00245. The van der Waals surface area contributed by atoms with Crippen molar-refractivity contribution in [1.82, 2.24) is 5.01 Å². The molecule has 1 heterocycles. The number of rotatable bonds is 3. The molecule has 4 rings (SSSR count). The van der Waals surface area contributed by atoms with Crippen molar-refractivity contribution in [1.29, 1.82) is 0 Å². The highest BCUT2D eigenvalue weighted by Gasteiger charge is 2.56. The van der Waals surface area contributed by atoms with Crippen LogP contribution in [0.2, 0.25) is 5.02 Å². The molecule has 2 aromatic rings. The number of hydrogen-bond acceptors (Lipinski definition) is 5. The number of alkyl halides is 3. The normalized spacial score (nSPS) is 22.0. The standard InChI is InChI=1S/C20H15ClF3N3O5/c1-10-27(18(30)25-13-3-5-14(6-4-13)32-20(22,23)24)26-16-15-7-2-12(21)8-11(15)9-19(16,31-10)17(28)29/h2-8,10H,9H2,1H3,(H,25,30)(H,28,29). The van der Waals surface area contributed by atoms with E-state index in [1.54, 1.807) is 18.2 Å². The first-order valence-electron chi connectivity index (χ1n) is 9.24. The Labute approximate surface area is 184 Å². The van der Waals surface area contributed by atoms with E-state index < -0.39 is 35.9 Å². The first kappa shape index (κ1) is 21.9. The number of fused-ring (bicyclic) bond motifs is 3. The van der Waals surface area contributed by atoms with Crippen LogP contribution in [0.1, 0.15) is 18.1 Å². The van der Waals surface area contributed by atoms with Gasteiger partial charge < -0.3 is 19.9 Å². The van der Waals surface area contributed by atoms with Crippen molar-refractivity contribution in [2.24, 2.45) is 5.10 Å². The third kappa shape index (κ3) is 3.96. The molecule has 0 radical (unpaired) electrons. The largest absolute Gasteiger partial charge is 0.573 e. The number of carbonyl (C=O) groups is 2. The van der Waals surface area contributed by atoms with Crippen molar-refractivity contribution in [2.75, 3.05) is 5.32 Å². The first-order valence-corrected chi connectivity index (χ1v) is 9.61. The van der Waals surface area contributed by atoms with E-state index in [0.717, 1.165) is 17.1 Å². The van der Waals surface area contributed by atoms with E-state index in [9.17, 15) is 27.9 Å². The molecule has 8 nitrogen and oxygen atoms in total. The highest BCUT2D eigenvalue weighted by Crippen LogP contribution is 2.39. The third-order valence-corrected chi connectivity index (χ3v) is 5.20. The average molecular weight is 470 g/mol. The van der Waals surface area contributed by atoms with E-state index in [0.29, 0.717) is 16.1 Å². The molecule has 2 amide bonds. The van der Waals surface area contributed by atoms with E-state index in [4.69, 9.17) is 16.3 Å². The number of ether oxygens (including phenoxy) is 2. The Hall–Kier alpha value is -3.31. The van der Waals surface area contributed by atoms with E-state index in [2.05, 4.69) is 15.2 Å². The average Bonchev–Trinajstić information content (AvgIpc) is 3.01. The molecule has 0 aromatic heterocycles. The second-order valence-electron chi connectivity index (χ2n) is 7.12. The Morgan fingerprint density at radius 1 is 1.28 bits per heavy atom. The number of amides is 2. The van der Waals surface area contributed by atoms with Gasteiger partial charge >= 0.3 is 18.4 Å². The van der Waals surface area contributed by atoms with Crippen molar-refractivity contribution >= 4 is 35.0 Å². The van der Waals surface area contributed by atoms with Crippen molar-refractivity contribution < 1.29 is 37.3 Å². The molecule has 0 bridgehead atoms.